The van der Waals surface area contributed by atoms with E-state index < -0.39 is 11.9 Å². The number of ether oxygens (including phenoxy) is 1. The molecule has 0 aliphatic carbocycles. The Bertz CT molecular complexity index is 292. The van der Waals surface area contributed by atoms with Crippen LogP contribution in [0.3, 0.4) is 0 Å². The van der Waals surface area contributed by atoms with Gasteiger partial charge in [-0.3, -0.25) is 10.0 Å². The molecule has 0 bridgehead atoms. The maximum atomic E-state index is 11.1. The second-order valence-electron chi connectivity index (χ2n) is 5.05. The number of rotatable bonds is 10. The van der Waals surface area contributed by atoms with Crippen molar-refractivity contribution in [1.82, 2.24) is 5.48 Å². The molecule has 0 aromatic carbocycles. The van der Waals surface area contributed by atoms with E-state index in [1.807, 2.05) is 0 Å². The highest BCUT2D eigenvalue weighted by atomic mass is 16.5. The molecule has 2 N–H and O–H groups in total. The molecule has 0 saturated carbocycles. The van der Waals surface area contributed by atoms with Gasteiger partial charge in [-0.25, -0.2) is 10.5 Å². The second-order valence-corrected chi connectivity index (χ2v) is 5.05. The molecule has 1 heterocycles. The summed E-state index contributed by atoms with van der Waals surface area (Å²) in [6.07, 6.45) is 10.9. The van der Waals surface area contributed by atoms with Crippen LogP contribution in [0.25, 0.3) is 0 Å². The number of unbranched alkanes of at least 4 members (excludes halogenated alkanes) is 7. The lowest BCUT2D eigenvalue weighted by Crippen LogP contribution is -2.31. The van der Waals surface area contributed by atoms with Gasteiger partial charge in [-0.1, -0.05) is 51.9 Å². The zero-order chi connectivity index (χ0) is 13.9. The standard InChI is InChI=1S/C14H26N2O3/c1-2-3-4-5-6-7-8-9-10-13-15-12(11-19-13)14(17)16-18/h12,18H,2-11H2,1H3,(H,16,17). The molecule has 0 radical (unpaired) electrons. The number of nitrogens with zero attached hydrogens (tertiary/aromatic N) is 1. The minimum atomic E-state index is -0.575. The van der Waals surface area contributed by atoms with Crippen LogP contribution in [0.5, 0.6) is 0 Å². The van der Waals surface area contributed by atoms with Crippen LogP contribution in [-0.4, -0.2) is 29.7 Å². The van der Waals surface area contributed by atoms with Gasteiger partial charge in [0.1, 0.15) is 6.61 Å². The topological polar surface area (TPSA) is 70.9 Å². The van der Waals surface area contributed by atoms with E-state index in [1.165, 1.54) is 44.9 Å². The summed E-state index contributed by atoms with van der Waals surface area (Å²) in [5.74, 6) is 0.158. The van der Waals surface area contributed by atoms with Crippen LogP contribution in [0.15, 0.2) is 4.99 Å². The van der Waals surface area contributed by atoms with Crippen LogP contribution in [0.2, 0.25) is 0 Å². The minimum absolute atomic E-state index is 0.249. The van der Waals surface area contributed by atoms with E-state index >= 15 is 0 Å². The SMILES string of the molecule is CCCCCCCCCCC1=NC(C(=O)NO)CO1. The first-order valence-electron chi connectivity index (χ1n) is 7.41. The summed E-state index contributed by atoms with van der Waals surface area (Å²) >= 11 is 0. The Balaban J connectivity index is 2.00. The van der Waals surface area contributed by atoms with Crippen molar-refractivity contribution in [1.29, 1.82) is 0 Å². The number of carbonyl (C=O) groups is 1. The number of nitrogens with one attached hydrogen (secondary N) is 1. The first kappa shape index (κ1) is 16.0. The van der Waals surface area contributed by atoms with Crippen molar-refractivity contribution in [2.24, 2.45) is 4.99 Å². The molecule has 110 valence electrons. The van der Waals surface area contributed by atoms with E-state index in [9.17, 15) is 4.79 Å². The van der Waals surface area contributed by atoms with E-state index in [1.54, 1.807) is 5.48 Å². The second kappa shape index (κ2) is 9.78. The Morgan fingerprint density at radius 2 is 1.89 bits per heavy atom. The maximum Gasteiger partial charge on any atom is 0.271 e. The lowest BCUT2D eigenvalue weighted by atomic mass is 10.1. The van der Waals surface area contributed by atoms with Crippen LogP contribution in [0.4, 0.5) is 0 Å². The zero-order valence-electron chi connectivity index (χ0n) is 11.9. The molecule has 1 rings (SSSR count). The fourth-order valence-electron chi connectivity index (χ4n) is 2.18. The minimum Gasteiger partial charge on any atom is -0.478 e. The monoisotopic (exact) mass is 270 g/mol. The Hall–Kier alpha value is -1.10. The van der Waals surface area contributed by atoms with E-state index in [2.05, 4.69) is 11.9 Å². The van der Waals surface area contributed by atoms with Gasteiger partial charge in [0.2, 0.25) is 0 Å². The van der Waals surface area contributed by atoms with Crippen molar-refractivity contribution >= 4 is 11.8 Å². The number of hydroxylamine groups is 1. The Kier molecular flexibility index (Phi) is 8.21. The molecule has 0 saturated heterocycles. The van der Waals surface area contributed by atoms with E-state index in [4.69, 9.17) is 9.94 Å². The van der Waals surface area contributed by atoms with E-state index in [0.717, 1.165) is 12.8 Å². The van der Waals surface area contributed by atoms with Crippen molar-refractivity contribution < 1.29 is 14.7 Å². The maximum absolute atomic E-state index is 11.1. The van der Waals surface area contributed by atoms with Gasteiger partial charge in [0, 0.05) is 6.42 Å². The summed E-state index contributed by atoms with van der Waals surface area (Å²) < 4.78 is 5.33. The Labute approximate surface area is 115 Å². The summed E-state index contributed by atoms with van der Waals surface area (Å²) in [7, 11) is 0. The number of hydrogen-bond acceptors (Lipinski definition) is 4. The molecular formula is C14H26N2O3. The normalized spacial score (nSPS) is 18.0. The first-order valence-corrected chi connectivity index (χ1v) is 7.41. The molecule has 1 amide bonds. The third kappa shape index (κ3) is 6.57. The zero-order valence-corrected chi connectivity index (χ0v) is 11.9. The van der Waals surface area contributed by atoms with Crippen LogP contribution in [-0.2, 0) is 9.53 Å². The largest absolute Gasteiger partial charge is 0.478 e. The summed E-state index contributed by atoms with van der Waals surface area (Å²) in [5.41, 5.74) is 1.60. The van der Waals surface area contributed by atoms with Gasteiger partial charge < -0.3 is 4.74 Å². The predicted octanol–water partition coefficient (Wildman–Crippen LogP) is 2.82. The number of carbonyl (C=O) groups excluding carboxylic acids is 1. The lowest BCUT2D eigenvalue weighted by molar-refractivity contribution is -0.130. The third-order valence-corrected chi connectivity index (χ3v) is 3.36. The van der Waals surface area contributed by atoms with Crippen LogP contribution >= 0.6 is 0 Å². The first-order chi connectivity index (χ1) is 9.27. The van der Waals surface area contributed by atoms with Crippen molar-refractivity contribution in [3.05, 3.63) is 0 Å². The summed E-state index contributed by atoms with van der Waals surface area (Å²) in [6.45, 7) is 2.48. The molecule has 5 nitrogen and oxygen atoms in total. The molecule has 0 fully saturated rings. The highest BCUT2D eigenvalue weighted by molar-refractivity contribution is 5.87. The Morgan fingerprint density at radius 3 is 2.53 bits per heavy atom. The van der Waals surface area contributed by atoms with E-state index in [0.29, 0.717) is 5.90 Å². The quantitative estimate of drug-likeness (QED) is 0.364. The average molecular weight is 270 g/mol. The molecule has 19 heavy (non-hydrogen) atoms. The molecular weight excluding hydrogens is 244 g/mol. The smallest absolute Gasteiger partial charge is 0.271 e. The van der Waals surface area contributed by atoms with Gasteiger partial charge in [0.15, 0.2) is 11.9 Å². The molecule has 5 heteroatoms. The predicted molar refractivity (Wildman–Crippen MR) is 74.3 cm³/mol. The molecule has 1 atom stereocenters. The van der Waals surface area contributed by atoms with Crippen molar-refractivity contribution in [3.8, 4) is 0 Å². The van der Waals surface area contributed by atoms with E-state index in [-0.39, 0.29) is 6.61 Å². The van der Waals surface area contributed by atoms with Gasteiger partial charge in [-0.2, -0.15) is 0 Å². The fraction of sp³-hybridized carbons (Fsp3) is 0.857. The number of hydrogen-bond donors (Lipinski definition) is 2. The van der Waals surface area contributed by atoms with Crippen molar-refractivity contribution in [2.75, 3.05) is 6.61 Å². The van der Waals surface area contributed by atoms with Gasteiger partial charge in [-0.15, -0.1) is 0 Å². The highest BCUT2D eigenvalue weighted by Gasteiger charge is 2.24. The Morgan fingerprint density at radius 1 is 1.26 bits per heavy atom. The third-order valence-electron chi connectivity index (χ3n) is 3.36. The lowest BCUT2D eigenvalue weighted by Gasteiger charge is -2.02. The molecule has 1 aliphatic rings. The molecule has 0 spiro atoms. The fourth-order valence-corrected chi connectivity index (χ4v) is 2.18. The number of amides is 1. The molecule has 1 unspecified atom stereocenters. The molecule has 1 aliphatic heterocycles. The van der Waals surface area contributed by atoms with Gasteiger partial charge in [0.05, 0.1) is 0 Å². The average Bonchev–Trinajstić information content (AvgIpc) is 2.89. The van der Waals surface area contributed by atoms with Gasteiger partial charge in [-0.05, 0) is 6.42 Å². The van der Waals surface area contributed by atoms with Gasteiger partial charge >= 0.3 is 0 Å². The highest BCUT2D eigenvalue weighted by Crippen LogP contribution is 2.13. The molecule has 0 aromatic heterocycles. The number of aliphatic imine (C=N–C) groups is 1. The van der Waals surface area contributed by atoms with Crippen LogP contribution in [0.1, 0.15) is 64.7 Å². The summed E-state index contributed by atoms with van der Waals surface area (Å²) in [4.78, 5) is 15.3. The summed E-state index contributed by atoms with van der Waals surface area (Å²) in [6, 6.07) is -0.575. The van der Waals surface area contributed by atoms with Crippen LogP contribution in [0, 0.1) is 0 Å². The molecule has 0 aromatic rings. The van der Waals surface area contributed by atoms with Crippen molar-refractivity contribution in [2.45, 2.75) is 70.8 Å². The van der Waals surface area contributed by atoms with Crippen LogP contribution < -0.4 is 5.48 Å². The van der Waals surface area contributed by atoms with Crippen molar-refractivity contribution in [3.63, 3.8) is 0 Å². The van der Waals surface area contributed by atoms with Gasteiger partial charge in [0.25, 0.3) is 5.91 Å². The summed E-state index contributed by atoms with van der Waals surface area (Å²) in [5, 5.41) is 8.49.